The first-order valence-corrected chi connectivity index (χ1v) is 8.70. The molecule has 1 heterocycles. The average molecular weight is 368 g/mol. The zero-order chi connectivity index (χ0) is 17.3. The number of carboxylic acids is 1. The molecule has 0 bridgehead atoms. The Morgan fingerprint density at radius 2 is 2.04 bits per heavy atom. The molecule has 1 aromatic carbocycles. The van der Waals surface area contributed by atoms with Crippen LogP contribution in [0.4, 0.5) is 5.82 Å². The summed E-state index contributed by atoms with van der Waals surface area (Å²) >= 11 is 12.3. The lowest BCUT2D eigenvalue weighted by atomic mass is 9.85. The van der Waals surface area contributed by atoms with Crippen molar-refractivity contribution in [1.29, 1.82) is 0 Å². The fourth-order valence-corrected chi connectivity index (χ4v) is 3.46. The number of fused-ring (bicyclic) bond motifs is 1. The second kappa shape index (κ2) is 7.13. The molecule has 1 saturated carbocycles. The number of nitrogens with one attached hydrogen (secondary N) is 1. The van der Waals surface area contributed by atoms with Crippen molar-refractivity contribution >= 4 is 45.9 Å². The van der Waals surface area contributed by atoms with Crippen LogP contribution in [0.25, 0.3) is 10.9 Å². The molecule has 0 atom stereocenters. The Bertz CT molecular complexity index is 763. The number of hydrogen-bond acceptors (Lipinski definition) is 4. The Kier molecular flexibility index (Phi) is 5.13. The highest BCUT2D eigenvalue weighted by Crippen LogP contribution is 2.32. The highest BCUT2D eigenvalue weighted by molar-refractivity contribution is 6.45. The fourth-order valence-electron chi connectivity index (χ4n) is 3.10. The summed E-state index contributed by atoms with van der Waals surface area (Å²) in [6, 6.07) is 8.15. The molecule has 0 amide bonds. The van der Waals surface area contributed by atoms with Crippen molar-refractivity contribution in [1.82, 2.24) is 9.88 Å². The van der Waals surface area contributed by atoms with Gasteiger partial charge in [0.2, 0.25) is 0 Å². The molecule has 1 fully saturated rings. The lowest BCUT2D eigenvalue weighted by molar-refractivity contribution is -0.139. The van der Waals surface area contributed by atoms with Gasteiger partial charge < -0.3 is 10.4 Å². The number of aromatic nitrogens is 1. The predicted molar refractivity (Wildman–Crippen MR) is 97.1 cm³/mol. The third-order valence-electron chi connectivity index (χ3n) is 4.48. The van der Waals surface area contributed by atoms with Crippen molar-refractivity contribution in [2.45, 2.75) is 31.8 Å². The van der Waals surface area contributed by atoms with Gasteiger partial charge in [-0.1, -0.05) is 36.2 Å². The van der Waals surface area contributed by atoms with Crippen LogP contribution in [0.5, 0.6) is 0 Å². The predicted octanol–water partition coefficient (Wildman–Crippen LogP) is 3.89. The number of nitrogens with zero attached hydrogens (tertiary/aromatic N) is 2. The first kappa shape index (κ1) is 17.3. The maximum Gasteiger partial charge on any atom is 0.317 e. The van der Waals surface area contributed by atoms with Gasteiger partial charge in [-0.2, -0.15) is 0 Å². The van der Waals surface area contributed by atoms with E-state index in [2.05, 4.69) is 10.3 Å². The van der Waals surface area contributed by atoms with Crippen LogP contribution in [0.2, 0.25) is 10.0 Å². The molecule has 5 nitrogen and oxygen atoms in total. The van der Waals surface area contributed by atoms with E-state index in [4.69, 9.17) is 28.3 Å². The minimum atomic E-state index is -0.782. The molecule has 1 aliphatic carbocycles. The summed E-state index contributed by atoms with van der Waals surface area (Å²) in [5, 5.41) is 14.2. The van der Waals surface area contributed by atoms with Crippen LogP contribution in [0.3, 0.4) is 0 Å². The zero-order valence-electron chi connectivity index (χ0n) is 13.3. The molecular weight excluding hydrogens is 349 g/mol. The highest BCUT2D eigenvalue weighted by Gasteiger charge is 2.33. The van der Waals surface area contributed by atoms with E-state index in [1.54, 1.807) is 6.07 Å². The Morgan fingerprint density at radius 1 is 1.33 bits per heavy atom. The smallest absolute Gasteiger partial charge is 0.317 e. The van der Waals surface area contributed by atoms with Crippen LogP contribution in [0, 0.1) is 0 Å². The fraction of sp³-hybridized carbons (Fsp3) is 0.412. The van der Waals surface area contributed by atoms with Crippen molar-refractivity contribution in [2.75, 3.05) is 18.4 Å². The van der Waals surface area contributed by atoms with Gasteiger partial charge in [-0.25, -0.2) is 4.98 Å². The number of hydrogen-bond donors (Lipinski definition) is 2. The number of carboxylic acid groups (broad SMARTS) is 1. The first-order chi connectivity index (χ1) is 11.5. The third-order valence-corrected chi connectivity index (χ3v) is 5.27. The van der Waals surface area contributed by atoms with Gasteiger partial charge >= 0.3 is 5.97 Å². The first-order valence-electron chi connectivity index (χ1n) is 7.95. The van der Waals surface area contributed by atoms with E-state index in [1.807, 2.05) is 30.0 Å². The molecule has 0 radical (unpaired) electrons. The van der Waals surface area contributed by atoms with Crippen molar-refractivity contribution < 1.29 is 9.90 Å². The summed E-state index contributed by atoms with van der Waals surface area (Å²) in [6.07, 6.45) is 1.81. The SMILES string of the molecule is CCN(CC(=O)O)C1CC(Nc2ccc3ccc(Cl)c(Cl)c3n2)C1. The number of pyridine rings is 1. The number of anilines is 1. The summed E-state index contributed by atoms with van der Waals surface area (Å²) in [5.74, 6) is -0.0209. The van der Waals surface area contributed by atoms with Gasteiger partial charge in [0.05, 0.1) is 22.1 Å². The third kappa shape index (κ3) is 3.58. The molecule has 0 aliphatic heterocycles. The van der Waals surface area contributed by atoms with Crippen LogP contribution in [-0.2, 0) is 4.79 Å². The normalized spacial score (nSPS) is 20.2. The monoisotopic (exact) mass is 367 g/mol. The summed E-state index contributed by atoms with van der Waals surface area (Å²) in [7, 11) is 0. The summed E-state index contributed by atoms with van der Waals surface area (Å²) in [6.45, 7) is 2.82. The van der Waals surface area contributed by atoms with Crippen LogP contribution in [-0.4, -0.2) is 46.1 Å². The lowest BCUT2D eigenvalue weighted by Gasteiger charge is -2.42. The average Bonchev–Trinajstić information content (AvgIpc) is 2.52. The molecule has 0 spiro atoms. The number of benzene rings is 1. The van der Waals surface area contributed by atoms with Gasteiger partial charge in [0.25, 0.3) is 0 Å². The summed E-state index contributed by atoms with van der Waals surface area (Å²) in [5.41, 5.74) is 0.686. The maximum atomic E-state index is 10.9. The number of likely N-dealkylation sites (N-methyl/N-ethyl adjacent to an activating group) is 1. The Balaban J connectivity index is 1.65. The van der Waals surface area contributed by atoms with E-state index in [-0.39, 0.29) is 6.54 Å². The molecular formula is C17H19Cl2N3O2. The molecule has 1 aromatic heterocycles. The molecule has 0 saturated heterocycles. The van der Waals surface area contributed by atoms with Crippen LogP contribution in [0.1, 0.15) is 19.8 Å². The summed E-state index contributed by atoms with van der Waals surface area (Å²) in [4.78, 5) is 17.4. The highest BCUT2D eigenvalue weighted by atomic mass is 35.5. The minimum Gasteiger partial charge on any atom is -0.480 e. The van der Waals surface area contributed by atoms with Gasteiger partial charge in [0, 0.05) is 17.5 Å². The van der Waals surface area contributed by atoms with Crippen LogP contribution < -0.4 is 5.32 Å². The van der Waals surface area contributed by atoms with Crippen molar-refractivity contribution in [3.63, 3.8) is 0 Å². The Hall–Kier alpha value is -1.56. The Labute approximate surface area is 150 Å². The van der Waals surface area contributed by atoms with E-state index >= 15 is 0 Å². The van der Waals surface area contributed by atoms with E-state index in [0.29, 0.717) is 27.6 Å². The topological polar surface area (TPSA) is 65.5 Å². The quantitative estimate of drug-likeness (QED) is 0.810. The number of halogens is 2. The molecule has 24 heavy (non-hydrogen) atoms. The van der Waals surface area contributed by atoms with E-state index in [1.165, 1.54) is 0 Å². The molecule has 0 unspecified atom stereocenters. The van der Waals surface area contributed by atoms with Crippen molar-refractivity contribution in [3.05, 3.63) is 34.3 Å². The van der Waals surface area contributed by atoms with E-state index in [0.717, 1.165) is 30.6 Å². The molecule has 3 rings (SSSR count). The zero-order valence-corrected chi connectivity index (χ0v) is 14.8. The van der Waals surface area contributed by atoms with Gasteiger partial charge in [0.15, 0.2) is 0 Å². The molecule has 2 aromatic rings. The number of carbonyl (C=O) groups is 1. The maximum absolute atomic E-state index is 10.9. The van der Waals surface area contributed by atoms with Gasteiger partial charge in [-0.15, -0.1) is 0 Å². The second-order valence-corrected chi connectivity index (χ2v) is 6.84. The molecule has 128 valence electrons. The largest absolute Gasteiger partial charge is 0.480 e. The molecule has 1 aliphatic rings. The Morgan fingerprint density at radius 3 is 2.71 bits per heavy atom. The number of aliphatic carboxylic acids is 1. The van der Waals surface area contributed by atoms with Crippen LogP contribution in [0.15, 0.2) is 24.3 Å². The van der Waals surface area contributed by atoms with Crippen LogP contribution >= 0.6 is 23.2 Å². The number of rotatable bonds is 6. The standard InChI is InChI=1S/C17H19Cl2N3O2/c1-2-22(9-15(23)24)12-7-11(8-12)20-14-6-4-10-3-5-13(18)16(19)17(10)21-14/h3-6,11-12H,2,7-9H2,1H3,(H,20,21)(H,23,24). The van der Waals surface area contributed by atoms with Gasteiger partial charge in [-0.3, -0.25) is 9.69 Å². The summed E-state index contributed by atoms with van der Waals surface area (Å²) < 4.78 is 0. The van der Waals surface area contributed by atoms with Gasteiger partial charge in [-0.05, 0) is 37.6 Å². The van der Waals surface area contributed by atoms with Crippen molar-refractivity contribution in [2.24, 2.45) is 0 Å². The minimum absolute atomic E-state index is 0.0935. The molecule has 2 N–H and O–H groups in total. The lowest BCUT2D eigenvalue weighted by Crippen LogP contribution is -2.51. The van der Waals surface area contributed by atoms with E-state index < -0.39 is 5.97 Å². The van der Waals surface area contributed by atoms with E-state index in [9.17, 15) is 4.79 Å². The van der Waals surface area contributed by atoms with Crippen molar-refractivity contribution in [3.8, 4) is 0 Å². The second-order valence-electron chi connectivity index (χ2n) is 6.05. The molecule has 7 heteroatoms. The van der Waals surface area contributed by atoms with Gasteiger partial charge in [0.1, 0.15) is 5.82 Å².